The van der Waals surface area contributed by atoms with Crippen LogP contribution in [0.3, 0.4) is 0 Å². The van der Waals surface area contributed by atoms with Gasteiger partial charge in [-0.15, -0.1) is 45.3 Å². The van der Waals surface area contributed by atoms with Crippen LogP contribution in [0, 0.1) is 45.3 Å². The molecule has 0 amide bonds. The first kappa shape index (κ1) is 34.8. The minimum atomic E-state index is 0.0876. The van der Waals surface area contributed by atoms with Gasteiger partial charge in [0, 0.05) is 30.6 Å². The molecule has 0 spiro atoms. The molecule has 50 heavy (non-hydrogen) atoms. The molecule has 8 heteroatoms. The largest absolute Gasteiger partial charge is 0.192 e. The third-order valence-corrected chi connectivity index (χ3v) is 13.4. The van der Waals surface area contributed by atoms with Crippen LogP contribution in [0.1, 0.15) is 60.4 Å². The van der Waals surface area contributed by atoms with Gasteiger partial charge in [-0.2, -0.15) is 21.0 Å². The average molecular weight is 721 g/mol. The second-order valence-corrected chi connectivity index (χ2v) is 16.1. The van der Waals surface area contributed by atoms with Crippen molar-refractivity contribution in [2.75, 3.05) is 0 Å². The van der Waals surface area contributed by atoms with Crippen molar-refractivity contribution < 1.29 is 0 Å². The molecule has 0 aliphatic rings. The molecule has 4 aromatic heterocycles. The molecule has 4 nitrogen and oxygen atoms in total. The second kappa shape index (κ2) is 16.1. The zero-order chi connectivity index (χ0) is 35.0. The molecule has 4 heterocycles. The minimum Gasteiger partial charge on any atom is -0.192 e. The summed E-state index contributed by atoms with van der Waals surface area (Å²) in [6.45, 7) is 4.43. The van der Waals surface area contributed by atoms with Gasteiger partial charge in [0.25, 0.3) is 0 Å². The van der Waals surface area contributed by atoms with Gasteiger partial charge < -0.3 is 0 Å². The van der Waals surface area contributed by atoms with Gasteiger partial charge in [0.15, 0.2) is 0 Å². The lowest BCUT2D eigenvalue weighted by Crippen LogP contribution is -1.85. The number of benzene rings is 2. The van der Waals surface area contributed by atoms with E-state index in [2.05, 4.69) is 74.5 Å². The molecular weight excluding hydrogens is 689 g/mol. The van der Waals surface area contributed by atoms with E-state index in [1.54, 1.807) is 57.5 Å². The number of nitriles is 4. The molecule has 0 unspecified atom stereocenters. The number of fused-ring (bicyclic) bond motifs is 1. The third kappa shape index (κ3) is 7.41. The predicted octanol–water partition coefficient (Wildman–Crippen LogP) is 13.3. The van der Waals surface area contributed by atoms with Gasteiger partial charge in [-0.25, -0.2) is 0 Å². The van der Waals surface area contributed by atoms with Gasteiger partial charge in [-0.05, 0) is 84.4 Å². The fraction of sp³-hybridized carbons (Fsp3) is 0.190. The Kier molecular flexibility index (Phi) is 11.2. The van der Waals surface area contributed by atoms with Crippen molar-refractivity contribution >= 4 is 66.9 Å². The van der Waals surface area contributed by atoms with E-state index < -0.39 is 0 Å². The molecule has 0 radical (unpaired) electrons. The molecule has 244 valence electrons. The molecule has 0 N–H and O–H groups in total. The topological polar surface area (TPSA) is 95.2 Å². The maximum Gasteiger partial charge on any atom is 0.131 e. The minimum absolute atomic E-state index is 0.0876. The highest BCUT2D eigenvalue weighted by atomic mass is 32.1. The number of hydrogen-bond donors (Lipinski definition) is 0. The van der Waals surface area contributed by atoms with Crippen molar-refractivity contribution in [3.05, 3.63) is 105 Å². The van der Waals surface area contributed by atoms with Crippen molar-refractivity contribution in [3.63, 3.8) is 0 Å². The third-order valence-electron chi connectivity index (χ3n) is 8.40. The van der Waals surface area contributed by atoms with Crippen molar-refractivity contribution in [2.24, 2.45) is 0 Å². The summed E-state index contributed by atoms with van der Waals surface area (Å²) in [4.78, 5) is 6.26. The molecule has 0 aliphatic carbocycles. The maximum atomic E-state index is 9.37. The molecule has 0 saturated heterocycles. The van der Waals surface area contributed by atoms with Crippen LogP contribution in [-0.4, -0.2) is 0 Å². The summed E-state index contributed by atoms with van der Waals surface area (Å²) in [5, 5.41) is 37.5. The maximum absolute atomic E-state index is 9.37. The summed E-state index contributed by atoms with van der Waals surface area (Å²) in [5.41, 5.74) is 7.53. The van der Waals surface area contributed by atoms with Gasteiger partial charge in [0.2, 0.25) is 0 Å². The van der Waals surface area contributed by atoms with E-state index in [-0.39, 0.29) is 11.1 Å². The quantitative estimate of drug-likeness (QED) is 0.118. The lowest BCUT2D eigenvalue weighted by Gasteiger charge is -2.07. The Balaban J connectivity index is 1.59. The molecule has 0 atom stereocenters. The molecule has 0 fully saturated rings. The van der Waals surface area contributed by atoms with Crippen LogP contribution in [0.15, 0.2) is 83.9 Å². The Morgan fingerprint density at radius 3 is 1.24 bits per heavy atom. The Morgan fingerprint density at radius 2 is 0.900 bits per heavy atom. The lowest BCUT2D eigenvalue weighted by molar-refractivity contribution is 0.795. The van der Waals surface area contributed by atoms with Crippen molar-refractivity contribution in [1.29, 1.82) is 21.0 Å². The summed E-state index contributed by atoms with van der Waals surface area (Å²) in [6, 6.07) is 34.1. The van der Waals surface area contributed by atoms with Gasteiger partial charge in [-0.1, -0.05) is 75.2 Å². The van der Waals surface area contributed by atoms with E-state index in [1.807, 2.05) is 36.4 Å². The Hall–Kier alpha value is -5.06. The van der Waals surface area contributed by atoms with Crippen molar-refractivity contribution in [1.82, 2.24) is 0 Å². The molecule has 2 aromatic carbocycles. The van der Waals surface area contributed by atoms with E-state index in [1.165, 1.54) is 41.4 Å². The summed E-state index contributed by atoms with van der Waals surface area (Å²) >= 11 is 6.76. The molecular formula is C42H32N4S4. The normalized spacial score (nSPS) is 10.6. The van der Waals surface area contributed by atoms with Crippen LogP contribution in [0.5, 0.6) is 0 Å². The summed E-state index contributed by atoms with van der Waals surface area (Å²) in [6.07, 6.45) is 10.0. The van der Waals surface area contributed by atoms with Crippen molar-refractivity contribution in [3.8, 4) is 66.0 Å². The Labute approximate surface area is 309 Å². The first-order valence-corrected chi connectivity index (χ1v) is 19.8. The first-order valence-electron chi connectivity index (χ1n) is 16.5. The van der Waals surface area contributed by atoms with Gasteiger partial charge in [0.1, 0.15) is 35.4 Å². The average Bonchev–Trinajstić information content (AvgIpc) is 3.95. The van der Waals surface area contributed by atoms with Gasteiger partial charge >= 0.3 is 0 Å². The number of thiophene rings is 4. The highest BCUT2D eigenvalue weighted by Crippen LogP contribution is 2.56. The smallest absolute Gasteiger partial charge is 0.131 e. The van der Waals surface area contributed by atoms with Crippen molar-refractivity contribution in [2.45, 2.75) is 52.4 Å². The fourth-order valence-electron chi connectivity index (χ4n) is 5.81. The first-order chi connectivity index (χ1) is 24.5. The molecule has 0 bridgehead atoms. The van der Waals surface area contributed by atoms with Crippen LogP contribution >= 0.6 is 45.3 Å². The standard InChI is InChI=1S/C42H32N4S4/c1-3-5-7-27-9-13-31(14-10-27)37-39(35-19-17-33(47-35)21-29(23-43)24-44)49-42-38(32-15-11-28(12-16-32)8-6-4-2)40(50-41(37)42)36-20-18-34(48-36)22-30(25-45)26-46/h9-22H,3-8H2,1-2H3. The zero-order valence-corrected chi connectivity index (χ0v) is 31.0. The van der Waals surface area contributed by atoms with Gasteiger partial charge in [0.05, 0.1) is 19.2 Å². The van der Waals surface area contributed by atoms with Gasteiger partial charge in [-0.3, -0.25) is 0 Å². The number of unbranched alkanes of at least 4 members (excludes halogenated alkanes) is 2. The number of allylic oxidation sites excluding steroid dienone is 2. The highest BCUT2D eigenvalue weighted by Gasteiger charge is 2.26. The Bertz CT molecular complexity index is 2180. The van der Waals surface area contributed by atoms with E-state index >= 15 is 0 Å². The van der Waals surface area contributed by atoms with Crippen LogP contribution < -0.4 is 0 Å². The SMILES string of the molecule is CCCCc1ccc(-c2c(-c3ccc(C=C(C#N)C#N)s3)sc3c(-c4ccc(CCCC)cc4)c(-c4ccc(C=C(C#N)C#N)s4)sc23)cc1. The van der Waals surface area contributed by atoms with Crippen LogP contribution in [0.25, 0.3) is 63.3 Å². The number of nitrogens with zero attached hydrogens (tertiary/aromatic N) is 4. The zero-order valence-electron chi connectivity index (χ0n) is 27.7. The number of rotatable bonds is 12. The predicted molar refractivity (Wildman–Crippen MR) is 213 cm³/mol. The van der Waals surface area contributed by atoms with Crippen LogP contribution in [0.4, 0.5) is 0 Å². The molecule has 6 aromatic rings. The van der Waals surface area contributed by atoms with Crippen LogP contribution in [-0.2, 0) is 12.8 Å². The van der Waals surface area contributed by atoms with E-state index in [0.717, 1.165) is 69.2 Å². The monoisotopic (exact) mass is 720 g/mol. The number of hydrogen-bond acceptors (Lipinski definition) is 8. The fourth-order valence-corrected chi connectivity index (χ4v) is 10.9. The van der Waals surface area contributed by atoms with E-state index in [0.29, 0.717) is 0 Å². The van der Waals surface area contributed by atoms with E-state index in [4.69, 9.17) is 0 Å². The highest BCUT2D eigenvalue weighted by molar-refractivity contribution is 7.35. The number of aryl methyl sites for hydroxylation is 2. The lowest BCUT2D eigenvalue weighted by atomic mass is 9.99. The summed E-state index contributed by atoms with van der Waals surface area (Å²) in [5.74, 6) is 0. The van der Waals surface area contributed by atoms with Crippen LogP contribution in [0.2, 0.25) is 0 Å². The molecule has 0 saturated carbocycles. The summed E-state index contributed by atoms with van der Waals surface area (Å²) < 4.78 is 2.43. The second-order valence-electron chi connectivity index (χ2n) is 11.8. The summed E-state index contributed by atoms with van der Waals surface area (Å²) in [7, 11) is 0. The molecule has 0 aliphatic heterocycles. The Morgan fingerprint density at radius 1 is 0.520 bits per heavy atom. The van der Waals surface area contributed by atoms with E-state index in [9.17, 15) is 21.0 Å². The molecule has 6 rings (SSSR count).